The third-order valence-electron chi connectivity index (χ3n) is 2.78. The number of carbonyl (C=O) groups is 1. The van der Waals surface area contributed by atoms with Gasteiger partial charge >= 0.3 is 5.97 Å². The fraction of sp³-hybridized carbons (Fsp3) is 0.308. The van der Waals surface area contributed by atoms with Crippen LogP contribution in [0.3, 0.4) is 0 Å². The van der Waals surface area contributed by atoms with E-state index in [0.717, 1.165) is 11.1 Å². The van der Waals surface area contributed by atoms with Crippen molar-refractivity contribution >= 4 is 5.97 Å². The molecule has 6 nitrogen and oxygen atoms in total. The number of carboxylic acid groups (broad SMARTS) is 1. The maximum absolute atomic E-state index is 10.7. The average molecular weight is 261 g/mol. The number of rotatable bonds is 5. The van der Waals surface area contributed by atoms with Crippen molar-refractivity contribution in [1.82, 2.24) is 15.5 Å². The Bertz CT molecular complexity index is 580. The number of aryl methyl sites for hydroxylation is 1. The molecule has 0 saturated carbocycles. The van der Waals surface area contributed by atoms with E-state index in [9.17, 15) is 4.79 Å². The number of aliphatic carboxylic acids is 1. The Morgan fingerprint density at radius 2 is 2.21 bits per heavy atom. The van der Waals surface area contributed by atoms with E-state index < -0.39 is 12.0 Å². The van der Waals surface area contributed by atoms with Crippen LogP contribution >= 0.6 is 0 Å². The third kappa shape index (κ3) is 3.17. The van der Waals surface area contributed by atoms with Gasteiger partial charge in [-0.05, 0) is 19.4 Å². The van der Waals surface area contributed by atoms with Gasteiger partial charge in [0.05, 0.1) is 6.54 Å². The van der Waals surface area contributed by atoms with Gasteiger partial charge < -0.3 is 9.63 Å². The summed E-state index contributed by atoms with van der Waals surface area (Å²) >= 11 is 0. The zero-order valence-corrected chi connectivity index (χ0v) is 10.8. The van der Waals surface area contributed by atoms with Crippen LogP contribution in [0.1, 0.15) is 18.4 Å². The fourth-order valence-corrected chi connectivity index (χ4v) is 1.59. The average Bonchev–Trinajstić information content (AvgIpc) is 2.85. The molecule has 6 heteroatoms. The SMILES string of the molecule is Cc1ccccc1-c1noc(CNC(C)C(=O)O)n1. The zero-order chi connectivity index (χ0) is 13.8. The van der Waals surface area contributed by atoms with Crippen LogP contribution in [0.5, 0.6) is 0 Å². The second-order valence-corrected chi connectivity index (χ2v) is 4.27. The number of hydrogen-bond acceptors (Lipinski definition) is 5. The summed E-state index contributed by atoms with van der Waals surface area (Å²) in [5, 5.41) is 15.4. The fourth-order valence-electron chi connectivity index (χ4n) is 1.59. The number of nitrogens with one attached hydrogen (secondary N) is 1. The molecule has 2 aromatic rings. The van der Waals surface area contributed by atoms with Crippen LogP contribution in [0.2, 0.25) is 0 Å². The van der Waals surface area contributed by atoms with E-state index in [1.807, 2.05) is 31.2 Å². The molecule has 1 aromatic heterocycles. The standard InChI is InChI=1S/C13H15N3O3/c1-8-5-3-4-6-10(8)12-15-11(19-16-12)7-14-9(2)13(17)18/h3-6,9,14H,7H2,1-2H3,(H,17,18). The molecular weight excluding hydrogens is 246 g/mol. The highest BCUT2D eigenvalue weighted by Crippen LogP contribution is 2.19. The van der Waals surface area contributed by atoms with Crippen molar-refractivity contribution in [3.05, 3.63) is 35.7 Å². The Hall–Kier alpha value is -2.21. The minimum absolute atomic E-state index is 0.229. The predicted octanol–water partition coefficient (Wildman–Crippen LogP) is 1.61. The molecule has 19 heavy (non-hydrogen) atoms. The maximum Gasteiger partial charge on any atom is 0.320 e. The number of nitrogens with zero attached hydrogens (tertiary/aromatic N) is 2. The molecule has 0 bridgehead atoms. The minimum atomic E-state index is -0.918. The Kier molecular flexibility index (Phi) is 3.91. The van der Waals surface area contributed by atoms with Crippen molar-refractivity contribution in [3.63, 3.8) is 0 Å². The normalized spacial score (nSPS) is 12.3. The molecular formula is C13H15N3O3. The number of hydrogen-bond donors (Lipinski definition) is 2. The molecule has 1 atom stereocenters. The lowest BCUT2D eigenvalue weighted by atomic mass is 10.1. The van der Waals surface area contributed by atoms with Crippen molar-refractivity contribution in [2.45, 2.75) is 26.4 Å². The van der Waals surface area contributed by atoms with E-state index in [4.69, 9.17) is 9.63 Å². The topological polar surface area (TPSA) is 88.2 Å². The van der Waals surface area contributed by atoms with Crippen LogP contribution in [0, 0.1) is 6.92 Å². The Labute approximate surface area is 110 Å². The lowest BCUT2D eigenvalue weighted by molar-refractivity contribution is -0.139. The highest BCUT2D eigenvalue weighted by molar-refractivity contribution is 5.72. The van der Waals surface area contributed by atoms with Crippen LogP contribution in [-0.4, -0.2) is 27.3 Å². The van der Waals surface area contributed by atoms with E-state index in [-0.39, 0.29) is 6.54 Å². The van der Waals surface area contributed by atoms with E-state index in [0.29, 0.717) is 11.7 Å². The molecule has 0 fully saturated rings. The second-order valence-electron chi connectivity index (χ2n) is 4.27. The zero-order valence-electron chi connectivity index (χ0n) is 10.8. The first-order chi connectivity index (χ1) is 9.08. The summed E-state index contributed by atoms with van der Waals surface area (Å²) < 4.78 is 5.09. The first-order valence-corrected chi connectivity index (χ1v) is 5.92. The summed E-state index contributed by atoms with van der Waals surface area (Å²) in [5.41, 5.74) is 1.96. The van der Waals surface area contributed by atoms with E-state index >= 15 is 0 Å². The van der Waals surface area contributed by atoms with Gasteiger partial charge in [-0.25, -0.2) is 0 Å². The van der Waals surface area contributed by atoms with Crippen LogP contribution in [-0.2, 0) is 11.3 Å². The van der Waals surface area contributed by atoms with Gasteiger partial charge in [-0.15, -0.1) is 0 Å². The summed E-state index contributed by atoms with van der Waals surface area (Å²) in [4.78, 5) is 14.9. The Balaban J connectivity index is 2.08. The van der Waals surface area contributed by atoms with Gasteiger partial charge in [-0.2, -0.15) is 4.98 Å². The minimum Gasteiger partial charge on any atom is -0.480 e. The molecule has 0 aliphatic rings. The molecule has 0 saturated heterocycles. The molecule has 100 valence electrons. The highest BCUT2D eigenvalue weighted by atomic mass is 16.5. The van der Waals surface area contributed by atoms with Gasteiger partial charge in [0.25, 0.3) is 0 Å². The Morgan fingerprint density at radius 3 is 2.89 bits per heavy atom. The molecule has 0 radical (unpaired) electrons. The largest absolute Gasteiger partial charge is 0.480 e. The van der Waals surface area contributed by atoms with Gasteiger partial charge in [0.1, 0.15) is 6.04 Å². The van der Waals surface area contributed by atoms with E-state index in [1.54, 1.807) is 6.92 Å². The molecule has 0 amide bonds. The second kappa shape index (κ2) is 5.62. The summed E-state index contributed by atoms with van der Waals surface area (Å²) in [5.74, 6) is -0.0390. The summed E-state index contributed by atoms with van der Waals surface area (Å²) in [7, 11) is 0. The number of benzene rings is 1. The number of aromatic nitrogens is 2. The van der Waals surface area contributed by atoms with Gasteiger partial charge in [0.2, 0.25) is 11.7 Å². The third-order valence-corrected chi connectivity index (χ3v) is 2.78. The van der Waals surface area contributed by atoms with E-state index in [1.165, 1.54) is 0 Å². The molecule has 1 heterocycles. The quantitative estimate of drug-likeness (QED) is 0.850. The first-order valence-electron chi connectivity index (χ1n) is 5.92. The van der Waals surface area contributed by atoms with Crippen LogP contribution < -0.4 is 5.32 Å². The summed E-state index contributed by atoms with van der Waals surface area (Å²) in [6.45, 7) is 3.75. The lowest BCUT2D eigenvalue weighted by Gasteiger charge is -2.05. The molecule has 2 rings (SSSR count). The lowest BCUT2D eigenvalue weighted by Crippen LogP contribution is -2.33. The van der Waals surface area contributed by atoms with Crippen LogP contribution in [0.4, 0.5) is 0 Å². The van der Waals surface area contributed by atoms with Gasteiger partial charge in [0, 0.05) is 5.56 Å². The molecule has 0 aliphatic heterocycles. The van der Waals surface area contributed by atoms with Gasteiger partial charge in [-0.3, -0.25) is 10.1 Å². The maximum atomic E-state index is 10.7. The molecule has 1 aromatic carbocycles. The monoisotopic (exact) mass is 261 g/mol. The summed E-state index contributed by atoms with van der Waals surface area (Å²) in [6, 6.07) is 7.07. The smallest absolute Gasteiger partial charge is 0.320 e. The number of carboxylic acids is 1. The molecule has 2 N–H and O–H groups in total. The Morgan fingerprint density at radius 1 is 1.47 bits per heavy atom. The van der Waals surface area contributed by atoms with Crippen molar-refractivity contribution in [1.29, 1.82) is 0 Å². The van der Waals surface area contributed by atoms with Crippen molar-refractivity contribution in [3.8, 4) is 11.4 Å². The van der Waals surface area contributed by atoms with Crippen LogP contribution in [0.25, 0.3) is 11.4 Å². The van der Waals surface area contributed by atoms with Crippen LogP contribution in [0.15, 0.2) is 28.8 Å². The predicted molar refractivity (Wildman–Crippen MR) is 68.4 cm³/mol. The van der Waals surface area contributed by atoms with Crippen molar-refractivity contribution in [2.75, 3.05) is 0 Å². The van der Waals surface area contributed by atoms with Gasteiger partial charge in [-0.1, -0.05) is 29.4 Å². The highest BCUT2D eigenvalue weighted by Gasteiger charge is 2.13. The van der Waals surface area contributed by atoms with Crippen molar-refractivity contribution in [2.24, 2.45) is 0 Å². The molecule has 1 unspecified atom stereocenters. The summed E-state index contributed by atoms with van der Waals surface area (Å²) in [6.07, 6.45) is 0. The van der Waals surface area contributed by atoms with E-state index in [2.05, 4.69) is 15.5 Å². The first kappa shape index (κ1) is 13.2. The molecule has 0 aliphatic carbocycles. The van der Waals surface area contributed by atoms with Crippen molar-refractivity contribution < 1.29 is 14.4 Å². The molecule has 0 spiro atoms. The van der Waals surface area contributed by atoms with Gasteiger partial charge in [0.15, 0.2) is 0 Å².